The lowest BCUT2D eigenvalue weighted by Gasteiger charge is -2.33. The van der Waals surface area contributed by atoms with Crippen molar-refractivity contribution in [3.8, 4) is 5.75 Å². The maximum Gasteiger partial charge on any atom is 0.255 e. The van der Waals surface area contributed by atoms with Gasteiger partial charge in [-0.15, -0.1) is 0 Å². The highest BCUT2D eigenvalue weighted by atomic mass is 35.5. The van der Waals surface area contributed by atoms with Crippen LogP contribution >= 0.6 is 23.2 Å². The third kappa shape index (κ3) is 5.86. The van der Waals surface area contributed by atoms with E-state index in [4.69, 9.17) is 27.9 Å². The maximum atomic E-state index is 12.6. The van der Waals surface area contributed by atoms with Gasteiger partial charge in [-0.05, 0) is 43.2 Å². The quantitative estimate of drug-likeness (QED) is 0.472. The van der Waals surface area contributed by atoms with E-state index in [1.165, 1.54) is 6.20 Å². The molecule has 2 aromatic carbocycles. The molecule has 7 nitrogen and oxygen atoms in total. The number of piperidine rings is 1. The number of halogens is 2. The van der Waals surface area contributed by atoms with Crippen molar-refractivity contribution in [2.24, 2.45) is 0 Å². The molecule has 0 radical (unpaired) electrons. The average Bonchev–Trinajstić information content (AvgIpc) is 2.81. The lowest BCUT2D eigenvalue weighted by Crippen LogP contribution is -2.45. The molecule has 0 saturated carbocycles. The molecule has 1 atom stereocenters. The van der Waals surface area contributed by atoms with Crippen LogP contribution in [0.15, 0.2) is 53.5 Å². The summed E-state index contributed by atoms with van der Waals surface area (Å²) in [5.74, 6) is 0.375. The van der Waals surface area contributed by atoms with Crippen LogP contribution in [0.3, 0.4) is 0 Å². The van der Waals surface area contributed by atoms with Crippen molar-refractivity contribution < 1.29 is 14.6 Å². The van der Waals surface area contributed by atoms with Gasteiger partial charge in [0, 0.05) is 54.8 Å². The predicted molar refractivity (Wildman–Crippen MR) is 129 cm³/mol. The Morgan fingerprint density at radius 2 is 1.94 bits per heavy atom. The molecule has 3 aromatic rings. The van der Waals surface area contributed by atoms with Crippen molar-refractivity contribution in [1.29, 1.82) is 0 Å². The number of hydrogen-bond acceptors (Lipinski definition) is 5. The number of β-amino-alcohol motifs (C(OH)–C–C–N with tert-alkyl or cyclic N) is 1. The van der Waals surface area contributed by atoms with Crippen molar-refractivity contribution in [2.45, 2.75) is 25.0 Å². The predicted octanol–water partition coefficient (Wildman–Crippen LogP) is 3.47. The molecular formula is C24H25Cl2N3O4. The standard InChI is InChI=1S/C24H25Cl2N3O4/c25-21-5-4-17(12-22(21)26)33-16-7-10-29(11-8-16)14-15(30)13-28-24(32)20-3-1-2-19-18(20)6-9-27-23(19)31/h1-6,9,12,15-16,30H,7-8,10-11,13-14H2,(H,27,31)(H,28,32)/t15-/m1/s1. The SMILES string of the molecule is O=C(NC[C@@H](O)CN1CCC(Oc2ccc(Cl)c(Cl)c2)CC1)c1cccc2c(=O)[nH]ccc12. The highest BCUT2D eigenvalue weighted by Gasteiger charge is 2.23. The number of rotatable bonds is 7. The summed E-state index contributed by atoms with van der Waals surface area (Å²) in [5, 5.41) is 15.2. The molecule has 174 valence electrons. The van der Waals surface area contributed by atoms with Crippen LogP contribution in [0.5, 0.6) is 5.75 Å². The number of carbonyl (C=O) groups excluding carboxylic acids is 1. The number of hydrogen-bond donors (Lipinski definition) is 3. The molecule has 1 fully saturated rings. The molecule has 1 aromatic heterocycles. The fourth-order valence-electron chi connectivity index (χ4n) is 4.04. The van der Waals surface area contributed by atoms with Crippen LogP contribution in [0.1, 0.15) is 23.2 Å². The fourth-order valence-corrected chi connectivity index (χ4v) is 4.33. The van der Waals surface area contributed by atoms with Crippen LogP contribution in [0.4, 0.5) is 0 Å². The van der Waals surface area contributed by atoms with E-state index in [-0.39, 0.29) is 24.1 Å². The van der Waals surface area contributed by atoms with Gasteiger partial charge in [0.2, 0.25) is 0 Å². The summed E-state index contributed by atoms with van der Waals surface area (Å²) >= 11 is 12.0. The van der Waals surface area contributed by atoms with Gasteiger partial charge >= 0.3 is 0 Å². The average molecular weight is 490 g/mol. The Morgan fingerprint density at radius 3 is 2.70 bits per heavy atom. The molecule has 9 heteroatoms. The number of aromatic nitrogens is 1. The van der Waals surface area contributed by atoms with Crippen molar-refractivity contribution >= 4 is 39.9 Å². The van der Waals surface area contributed by atoms with E-state index >= 15 is 0 Å². The Morgan fingerprint density at radius 1 is 1.15 bits per heavy atom. The van der Waals surface area contributed by atoms with E-state index in [1.54, 1.807) is 42.5 Å². The number of H-pyrrole nitrogens is 1. The zero-order valence-electron chi connectivity index (χ0n) is 17.9. The van der Waals surface area contributed by atoms with E-state index in [2.05, 4.69) is 15.2 Å². The Bertz CT molecular complexity index is 1190. The molecule has 0 spiro atoms. The van der Waals surface area contributed by atoms with Crippen LogP contribution in [-0.2, 0) is 0 Å². The van der Waals surface area contributed by atoms with Gasteiger partial charge in [-0.2, -0.15) is 0 Å². The first-order valence-corrected chi connectivity index (χ1v) is 11.6. The van der Waals surface area contributed by atoms with Gasteiger partial charge in [-0.3, -0.25) is 9.59 Å². The van der Waals surface area contributed by atoms with Gasteiger partial charge in [-0.1, -0.05) is 29.3 Å². The number of nitrogens with one attached hydrogen (secondary N) is 2. The molecule has 4 rings (SSSR count). The second-order valence-corrected chi connectivity index (χ2v) is 8.95. The lowest BCUT2D eigenvalue weighted by atomic mass is 10.1. The van der Waals surface area contributed by atoms with Crippen LogP contribution in [0.25, 0.3) is 10.8 Å². The van der Waals surface area contributed by atoms with Crippen LogP contribution < -0.4 is 15.6 Å². The molecule has 1 aliphatic heterocycles. The van der Waals surface area contributed by atoms with E-state index in [0.717, 1.165) is 25.9 Å². The molecule has 1 saturated heterocycles. The number of fused-ring (bicyclic) bond motifs is 1. The first-order chi connectivity index (χ1) is 15.9. The minimum atomic E-state index is -0.708. The minimum absolute atomic E-state index is 0.0739. The molecule has 0 bridgehead atoms. The second kappa shape index (κ2) is 10.6. The number of aromatic amines is 1. The monoisotopic (exact) mass is 489 g/mol. The number of aliphatic hydroxyl groups excluding tert-OH is 1. The summed E-state index contributed by atoms with van der Waals surface area (Å²) in [7, 11) is 0. The number of amides is 1. The van der Waals surface area contributed by atoms with E-state index in [9.17, 15) is 14.7 Å². The number of pyridine rings is 1. The minimum Gasteiger partial charge on any atom is -0.490 e. The van der Waals surface area contributed by atoms with Gasteiger partial charge in [-0.25, -0.2) is 0 Å². The summed E-state index contributed by atoms with van der Waals surface area (Å²) in [6.07, 6.45) is 2.53. The third-order valence-electron chi connectivity index (χ3n) is 5.76. The number of benzene rings is 2. The van der Waals surface area contributed by atoms with E-state index in [1.807, 2.05) is 0 Å². The first kappa shape index (κ1) is 23.6. The van der Waals surface area contributed by atoms with Crippen LogP contribution in [-0.4, -0.2) is 59.3 Å². The number of likely N-dealkylation sites (tertiary alicyclic amines) is 1. The number of carbonyl (C=O) groups is 1. The molecule has 0 unspecified atom stereocenters. The Labute approximate surface area is 201 Å². The molecular weight excluding hydrogens is 465 g/mol. The van der Waals surface area contributed by atoms with Gasteiger partial charge < -0.3 is 25.0 Å². The number of aliphatic hydroxyl groups is 1. The summed E-state index contributed by atoms with van der Waals surface area (Å²) in [6, 6.07) is 12.0. The van der Waals surface area contributed by atoms with Crippen molar-refractivity contribution in [3.05, 3.63) is 74.6 Å². The van der Waals surface area contributed by atoms with Gasteiger partial charge in [0.15, 0.2) is 0 Å². The first-order valence-electron chi connectivity index (χ1n) is 10.8. The van der Waals surface area contributed by atoms with Gasteiger partial charge in [0.1, 0.15) is 11.9 Å². The lowest BCUT2D eigenvalue weighted by molar-refractivity contribution is 0.0594. The molecule has 0 aliphatic carbocycles. The zero-order chi connectivity index (χ0) is 23.4. The summed E-state index contributed by atoms with van der Waals surface area (Å²) in [6.45, 7) is 2.14. The van der Waals surface area contributed by atoms with E-state index < -0.39 is 6.10 Å². The van der Waals surface area contributed by atoms with Crippen molar-refractivity contribution in [3.63, 3.8) is 0 Å². The second-order valence-electron chi connectivity index (χ2n) is 8.13. The Hall–Kier alpha value is -2.58. The molecule has 1 amide bonds. The van der Waals surface area contributed by atoms with Crippen molar-refractivity contribution in [1.82, 2.24) is 15.2 Å². The molecule has 1 aliphatic rings. The summed E-state index contributed by atoms with van der Waals surface area (Å²) in [4.78, 5) is 29.3. The topological polar surface area (TPSA) is 94.7 Å². The van der Waals surface area contributed by atoms with Gasteiger partial charge in [0.25, 0.3) is 11.5 Å². The smallest absolute Gasteiger partial charge is 0.255 e. The van der Waals surface area contributed by atoms with Crippen molar-refractivity contribution in [2.75, 3.05) is 26.2 Å². The fraction of sp³-hybridized carbons (Fsp3) is 0.333. The molecule has 33 heavy (non-hydrogen) atoms. The molecule has 2 heterocycles. The normalized spacial score (nSPS) is 16.0. The number of nitrogens with zero attached hydrogens (tertiary/aromatic N) is 1. The van der Waals surface area contributed by atoms with E-state index in [0.29, 0.717) is 38.7 Å². The highest BCUT2D eigenvalue weighted by Crippen LogP contribution is 2.28. The largest absolute Gasteiger partial charge is 0.490 e. The molecule has 3 N–H and O–H groups in total. The van der Waals surface area contributed by atoms with Crippen LogP contribution in [0, 0.1) is 0 Å². The van der Waals surface area contributed by atoms with Crippen LogP contribution in [0.2, 0.25) is 10.0 Å². The Balaban J connectivity index is 1.24. The maximum absolute atomic E-state index is 12.6. The highest BCUT2D eigenvalue weighted by molar-refractivity contribution is 6.42. The Kier molecular flexibility index (Phi) is 7.55. The summed E-state index contributed by atoms with van der Waals surface area (Å²) in [5.41, 5.74) is 0.166. The van der Waals surface area contributed by atoms with Gasteiger partial charge in [0.05, 0.1) is 16.1 Å². The zero-order valence-corrected chi connectivity index (χ0v) is 19.4. The summed E-state index contributed by atoms with van der Waals surface area (Å²) < 4.78 is 6.00. The third-order valence-corrected chi connectivity index (χ3v) is 6.49. The number of ether oxygens (including phenoxy) is 1.